The SMILES string of the molecule is O=C1c2c(Br)cccc2CC1Br. The topological polar surface area (TPSA) is 17.1 Å². The lowest BCUT2D eigenvalue weighted by Gasteiger charge is -1.98. The monoisotopic (exact) mass is 288 g/mol. The highest BCUT2D eigenvalue weighted by Crippen LogP contribution is 2.31. The largest absolute Gasteiger partial charge is 0.293 e. The molecule has 1 unspecified atom stereocenters. The molecule has 0 bridgehead atoms. The summed E-state index contributed by atoms with van der Waals surface area (Å²) in [6, 6.07) is 5.86. The van der Waals surface area contributed by atoms with E-state index in [1.807, 2.05) is 18.2 Å². The van der Waals surface area contributed by atoms with Crippen LogP contribution >= 0.6 is 31.9 Å². The van der Waals surface area contributed by atoms with Crippen LogP contribution in [0.15, 0.2) is 22.7 Å². The molecule has 0 saturated carbocycles. The Hall–Kier alpha value is -0.150. The molecule has 0 fully saturated rings. The molecule has 0 aromatic heterocycles. The minimum atomic E-state index is -0.0220. The maximum atomic E-state index is 11.5. The van der Waals surface area contributed by atoms with Crippen molar-refractivity contribution < 1.29 is 4.79 Å². The molecule has 1 nitrogen and oxygen atoms in total. The fourth-order valence-electron chi connectivity index (χ4n) is 1.46. The molecule has 1 atom stereocenters. The van der Waals surface area contributed by atoms with Gasteiger partial charge in [-0.2, -0.15) is 0 Å². The predicted octanol–water partition coefficient (Wildman–Crippen LogP) is 2.95. The van der Waals surface area contributed by atoms with Crippen molar-refractivity contribution in [2.45, 2.75) is 11.2 Å². The average molecular weight is 290 g/mol. The third kappa shape index (κ3) is 1.15. The smallest absolute Gasteiger partial charge is 0.178 e. The number of alkyl halides is 1. The number of carbonyl (C=O) groups is 1. The molecule has 2 rings (SSSR count). The van der Waals surface area contributed by atoms with Crippen LogP contribution in [-0.2, 0) is 6.42 Å². The molecule has 1 aromatic carbocycles. The molecular formula is C9H6Br2O. The van der Waals surface area contributed by atoms with Gasteiger partial charge in [0.25, 0.3) is 0 Å². The molecule has 1 aromatic rings. The van der Waals surface area contributed by atoms with Gasteiger partial charge in [0.1, 0.15) is 0 Å². The summed E-state index contributed by atoms with van der Waals surface area (Å²) in [5.74, 6) is 0.192. The molecule has 1 aliphatic rings. The molecule has 3 heteroatoms. The van der Waals surface area contributed by atoms with E-state index in [0.29, 0.717) is 0 Å². The normalized spacial score (nSPS) is 21.2. The Bertz CT molecular complexity index is 346. The summed E-state index contributed by atoms with van der Waals surface area (Å²) in [6.07, 6.45) is 0.813. The van der Waals surface area contributed by atoms with Gasteiger partial charge in [-0.3, -0.25) is 4.79 Å². The first-order chi connectivity index (χ1) is 5.70. The molecule has 0 N–H and O–H groups in total. The Morgan fingerprint density at radius 3 is 2.83 bits per heavy atom. The standard InChI is InChI=1S/C9H6Br2O/c10-6-3-1-2-5-4-7(11)9(12)8(5)6/h1-3,7H,4H2. The highest BCUT2D eigenvalue weighted by Gasteiger charge is 2.29. The maximum absolute atomic E-state index is 11.5. The van der Waals surface area contributed by atoms with E-state index in [9.17, 15) is 4.79 Å². The number of carbonyl (C=O) groups excluding carboxylic acids is 1. The first-order valence-electron chi connectivity index (χ1n) is 3.66. The molecule has 0 radical (unpaired) electrons. The van der Waals surface area contributed by atoms with E-state index in [1.165, 1.54) is 0 Å². The molecule has 62 valence electrons. The van der Waals surface area contributed by atoms with Gasteiger partial charge in [-0.1, -0.05) is 44.0 Å². The molecule has 0 spiro atoms. The zero-order chi connectivity index (χ0) is 8.72. The summed E-state index contributed by atoms with van der Waals surface area (Å²) in [4.78, 5) is 11.5. The summed E-state index contributed by atoms with van der Waals surface area (Å²) >= 11 is 6.72. The van der Waals surface area contributed by atoms with Gasteiger partial charge in [0.15, 0.2) is 5.78 Å². The molecule has 1 aliphatic carbocycles. The summed E-state index contributed by atoms with van der Waals surface area (Å²) in [5, 5.41) is 0. The van der Waals surface area contributed by atoms with Gasteiger partial charge < -0.3 is 0 Å². The predicted molar refractivity (Wildman–Crippen MR) is 54.9 cm³/mol. The summed E-state index contributed by atoms with van der Waals surface area (Å²) in [5.41, 5.74) is 1.98. The van der Waals surface area contributed by atoms with E-state index in [1.54, 1.807) is 0 Å². The lowest BCUT2D eigenvalue weighted by molar-refractivity contribution is 0.100. The van der Waals surface area contributed by atoms with Gasteiger partial charge in [0.05, 0.1) is 4.83 Å². The number of hydrogen-bond acceptors (Lipinski definition) is 1. The number of Topliss-reactive ketones (excluding diaryl/α,β-unsaturated/α-hetero) is 1. The van der Waals surface area contributed by atoms with Crippen molar-refractivity contribution in [3.63, 3.8) is 0 Å². The molecule has 0 aliphatic heterocycles. The van der Waals surface area contributed by atoms with E-state index < -0.39 is 0 Å². The number of hydrogen-bond donors (Lipinski definition) is 0. The zero-order valence-corrected chi connectivity index (χ0v) is 9.35. The van der Waals surface area contributed by atoms with Crippen molar-refractivity contribution in [2.75, 3.05) is 0 Å². The Kier molecular flexibility index (Phi) is 2.09. The second-order valence-corrected chi connectivity index (χ2v) is 4.77. The van der Waals surface area contributed by atoms with Crippen molar-refractivity contribution in [1.29, 1.82) is 0 Å². The van der Waals surface area contributed by atoms with E-state index in [0.717, 1.165) is 22.0 Å². The minimum absolute atomic E-state index is 0.0220. The molecule has 12 heavy (non-hydrogen) atoms. The van der Waals surface area contributed by atoms with Gasteiger partial charge in [0.2, 0.25) is 0 Å². The fraction of sp³-hybridized carbons (Fsp3) is 0.222. The van der Waals surface area contributed by atoms with Crippen LogP contribution in [0.2, 0.25) is 0 Å². The molecule has 0 heterocycles. The van der Waals surface area contributed by atoms with Crippen LogP contribution in [0.5, 0.6) is 0 Å². The third-order valence-electron chi connectivity index (χ3n) is 2.03. The fourth-order valence-corrected chi connectivity index (χ4v) is 2.64. The summed E-state index contributed by atoms with van der Waals surface area (Å²) in [7, 11) is 0. The highest BCUT2D eigenvalue weighted by molar-refractivity contribution is 9.10. The lowest BCUT2D eigenvalue weighted by Crippen LogP contribution is -2.06. The number of benzene rings is 1. The molecule has 0 saturated heterocycles. The number of rotatable bonds is 0. The number of fused-ring (bicyclic) bond motifs is 1. The van der Waals surface area contributed by atoms with Crippen molar-refractivity contribution >= 4 is 37.6 Å². The third-order valence-corrected chi connectivity index (χ3v) is 3.43. The van der Waals surface area contributed by atoms with Crippen LogP contribution in [0.3, 0.4) is 0 Å². The summed E-state index contributed by atoms with van der Waals surface area (Å²) < 4.78 is 0.909. The second-order valence-electron chi connectivity index (χ2n) is 2.81. The van der Waals surface area contributed by atoms with E-state index in [-0.39, 0.29) is 10.6 Å². The van der Waals surface area contributed by atoms with Gasteiger partial charge in [-0.15, -0.1) is 0 Å². The van der Waals surface area contributed by atoms with Crippen LogP contribution < -0.4 is 0 Å². The first-order valence-corrected chi connectivity index (χ1v) is 5.36. The van der Waals surface area contributed by atoms with Gasteiger partial charge in [-0.25, -0.2) is 0 Å². The number of ketones is 1. The quantitative estimate of drug-likeness (QED) is 0.671. The van der Waals surface area contributed by atoms with Crippen LogP contribution in [0.1, 0.15) is 15.9 Å². The summed E-state index contributed by atoms with van der Waals surface area (Å²) in [6.45, 7) is 0. The van der Waals surface area contributed by atoms with E-state index in [2.05, 4.69) is 31.9 Å². The van der Waals surface area contributed by atoms with E-state index in [4.69, 9.17) is 0 Å². The lowest BCUT2D eigenvalue weighted by atomic mass is 10.1. The maximum Gasteiger partial charge on any atom is 0.178 e. The van der Waals surface area contributed by atoms with Crippen LogP contribution in [0.25, 0.3) is 0 Å². The van der Waals surface area contributed by atoms with Crippen LogP contribution in [-0.4, -0.2) is 10.6 Å². The van der Waals surface area contributed by atoms with Crippen molar-refractivity contribution in [3.8, 4) is 0 Å². The van der Waals surface area contributed by atoms with Crippen molar-refractivity contribution in [3.05, 3.63) is 33.8 Å². The Morgan fingerprint density at radius 2 is 2.17 bits per heavy atom. The first kappa shape index (κ1) is 8.45. The average Bonchev–Trinajstić information content (AvgIpc) is 2.29. The van der Waals surface area contributed by atoms with E-state index >= 15 is 0 Å². The van der Waals surface area contributed by atoms with Crippen molar-refractivity contribution in [1.82, 2.24) is 0 Å². The molecule has 0 amide bonds. The molecular weight excluding hydrogens is 284 g/mol. The Labute approximate surface area is 87.4 Å². The van der Waals surface area contributed by atoms with Gasteiger partial charge in [-0.05, 0) is 18.1 Å². The van der Waals surface area contributed by atoms with Crippen molar-refractivity contribution in [2.24, 2.45) is 0 Å². The highest BCUT2D eigenvalue weighted by atomic mass is 79.9. The Balaban J connectivity index is 2.62. The van der Waals surface area contributed by atoms with Crippen LogP contribution in [0, 0.1) is 0 Å². The van der Waals surface area contributed by atoms with Gasteiger partial charge in [0, 0.05) is 10.0 Å². The van der Waals surface area contributed by atoms with Crippen LogP contribution in [0.4, 0.5) is 0 Å². The van der Waals surface area contributed by atoms with Gasteiger partial charge >= 0.3 is 0 Å². The zero-order valence-electron chi connectivity index (χ0n) is 6.18. The Morgan fingerprint density at radius 1 is 1.42 bits per heavy atom. The minimum Gasteiger partial charge on any atom is -0.293 e. The second kappa shape index (κ2) is 2.96. The number of halogens is 2.